The van der Waals surface area contributed by atoms with Crippen molar-refractivity contribution in [2.24, 2.45) is 5.92 Å². The van der Waals surface area contributed by atoms with Gasteiger partial charge in [-0.3, -0.25) is 4.79 Å². The first-order valence-corrected chi connectivity index (χ1v) is 6.75. The average molecular weight is 267 g/mol. The highest BCUT2D eigenvalue weighted by Crippen LogP contribution is 2.25. The van der Waals surface area contributed by atoms with E-state index in [9.17, 15) is 4.79 Å². The summed E-state index contributed by atoms with van der Waals surface area (Å²) in [5.74, 6) is 0.202. The summed E-state index contributed by atoms with van der Waals surface area (Å²) < 4.78 is 0. The average Bonchev–Trinajstić information content (AvgIpc) is 2.32. The molecule has 4 heteroatoms. The Morgan fingerprint density at radius 3 is 2.94 bits per heavy atom. The second kappa shape index (κ2) is 5.72. The standard InChI is InChI=1S/C14H19ClN2O/c1-10-8-12(15)4-5-13(10)17-7-3-6-16-9-11(2)14(17)18/h4-5,8,11,16H,3,6-7,9H2,1-2H3. The Hall–Kier alpha value is -1.06. The van der Waals surface area contributed by atoms with Gasteiger partial charge >= 0.3 is 0 Å². The van der Waals surface area contributed by atoms with Crippen molar-refractivity contribution in [1.82, 2.24) is 5.32 Å². The van der Waals surface area contributed by atoms with Gasteiger partial charge < -0.3 is 10.2 Å². The predicted octanol–water partition coefficient (Wildman–Crippen LogP) is 2.61. The lowest BCUT2D eigenvalue weighted by Gasteiger charge is -2.29. The first kappa shape index (κ1) is 13.4. The number of amides is 1. The summed E-state index contributed by atoms with van der Waals surface area (Å²) in [6, 6.07) is 5.70. The number of hydrogen-bond donors (Lipinski definition) is 1. The van der Waals surface area contributed by atoms with E-state index in [4.69, 9.17) is 11.6 Å². The second-order valence-electron chi connectivity index (χ2n) is 4.88. The van der Waals surface area contributed by atoms with Gasteiger partial charge in [-0.2, -0.15) is 0 Å². The normalized spacial score (nSPS) is 21.6. The molecule has 1 atom stereocenters. The molecule has 3 nitrogen and oxygen atoms in total. The summed E-state index contributed by atoms with van der Waals surface area (Å²) >= 11 is 5.97. The summed E-state index contributed by atoms with van der Waals surface area (Å²) in [5.41, 5.74) is 2.04. The molecule has 0 aliphatic carbocycles. The van der Waals surface area contributed by atoms with Crippen LogP contribution in [0.4, 0.5) is 5.69 Å². The number of carbonyl (C=O) groups excluding carboxylic acids is 1. The Morgan fingerprint density at radius 1 is 1.44 bits per heavy atom. The monoisotopic (exact) mass is 266 g/mol. The van der Waals surface area contributed by atoms with Crippen LogP contribution in [0.2, 0.25) is 5.02 Å². The van der Waals surface area contributed by atoms with Crippen molar-refractivity contribution in [1.29, 1.82) is 0 Å². The molecule has 1 unspecified atom stereocenters. The SMILES string of the molecule is Cc1cc(Cl)ccc1N1CCCNCC(C)C1=O. The topological polar surface area (TPSA) is 32.3 Å². The number of rotatable bonds is 1. The fraction of sp³-hybridized carbons (Fsp3) is 0.500. The van der Waals surface area contributed by atoms with Gasteiger partial charge in [0.1, 0.15) is 0 Å². The number of anilines is 1. The minimum Gasteiger partial charge on any atom is -0.316 e. The van der Waals surface area contributed by atoms with Crippen molar-refractivity contribution in [2.45, 2.75) is 20.3 Å². The van der Waals surface area contributed by atoms with Gasteiger partial charge in [0.05, 0.1) is 0 Å². The van der Waals surface area contributed by atoms with Crippen molar-refractivity contribution in [2.75, 3.05) is 24.5 Å². The fourth-order valence-corrected chi connectivity index (χ4v) is 2.53. The maximum Gasteiger partial charge on any atom is 0.231 e. The molecular formula is C14H19ClN2O. The van der Waals surface area contributed by atoms with Gasteiger partial charge in [0.25, 0.3) is 0 Å². The first-order chi connectivity index (χ1) is 8.59. The van der Waals surface area contributed by atoms with Crippen molar-refractivity contribution < 1.29 is 4.79 Å². The lowest BCUT2D eigenvalue weighted by atomic mass is 10.1. The van der Waals surface area contributed by atoms with E-state index in [1.807, 2.05) is 36.9 Å². The van der Waals surface area contributed by atoms with Gasteiger partial charge in [0.2, 0.25) is 5.91 Å². The maximum atomic E-state index is 12.4. The number of nitrogens with one attached hydrogen (secondary N) is 1. The van der Waals surface area contributed by atoms with E-state index in [-0.39, 0.29) is 11.8 Å². The van der Waals surface area contributed by atoms with Crippen LogP contribution in [0.5, 0.6) is 0 Å². The van der Waals surface area contributed by atoms with Crippen LogP contribution in [0.1, 0.15) is 18.9 Å². The van der Waals surface area contributed by atoms with Crippen LogP contribution in [0.15, 0.2) is 18.2 Å². The number of aryl methyl sites for hydroxylation is 1. The molecule has 1 aromatic carbocycles. The van der Waals surface area contributed by atoms with E-state index in [0.717, 1.165) is 37.3 Å². The number of nitrogens with zero attached hydrogens (tertiary/aromatic N) is 1. The zero-order valence-corrected chi connectivity index (χ0v) is 11.6. The molecule has 1 fully saturated rings. The maximum absolute atomic E-state index is 12.4. The molecule has 0 aromatic heterocycles. The predicted molar refractivity (Wildman–Crippen MR) is 75.2 cm³/mol. The minimum atomic E-state index is 0.0142. The van der Waals surface area contributed by atoms with Gasteiger partial charge in [0, 0.05) is 29.7 Å². The van der Waals surface area contributed by atoms with Crippen LogP contribution >= 0.6 is 11.6 Å². The van der Waals surface area contributed by atoms with Gasteiger partial charge in [-0.25, -0.2) is 0 Å². The Bertz CT molecular complexity index is 447. The smallest absolute Gasteiger partial charge is 0.231 e. The minimum absolute atomic E-state index is 0.0142. The van der Waals surface area contributed by atoms with E-state index in [2.05, 4.69) is 5.32 Å². The molecular weight excluding hydrogens is 248 g/mol. The highest BCUT2D eigenvalue weighted by atomic mass is 35.5. The molecule has 1 aliphatic rings. The van der Waals surface area contributed by atoms with Crippen molar-refractivity contribution in [3.63, 3.8) is 0 Å². The summed E-state index contributed by atoms with van der Waals surface area (Å²) in [7, 11) is 0. The molecule has 18 heavy (non-hydrogen) atoms. The lowest BCUT2D eigenvalue weighted by molar-refractivity contribution is -0.122. The van der Waals surface area contributed by atoms with Gasteiger partial charge in [-0.1, -0.05) is 18.5 Å². The van der Waals surface area contributed by atoms with E-state index >= 15 is 0 Å². The second-order valence-corrected chi connectivity index (χ2v) is 5.32. The Labute approximate surface area is 113 Å². The fourth-order valence-electron chi connectivity index (χ4n) is 2.31. The zero-order valence-electron chi connectivity index (χ0n) is 10.9. The van der Waals surface area contributed by atoms with Crippen LogP contribution in [0.25, 0.3) is 0 Å². The van der Waals surface area contributed by atoms with Crippen molar-refractivity contribution in [3.8, 4) is 0 Å². The van der Waals surface area contributed by atoms with E-state index in [0.29, 0.717) is 5.02 Å². The molecule has 2 rings (SSSR count). The Morgan fingerprint density at radius 2 is 2.22 bits per heavy atom. The summed E-state index contributed by atoms with van der Waals surface area (Å²) in [6.07, 6.45) is 0.973. The third-order valence-electron chi connectivity index (χ3n) is 3.32. The number of benzene rings is 1. The molecule has 1 amide bonds. The lowest BCUT2D eigenvalue weighted by Crippen LogP contribution is -2.43. The van der Waals surface area contributed by atoms with E-state index in [1.54, 1.807) is 0 Å². The largest absolute Gasteiger partial charge is 0.316 e. The summed E-state index contributed by atoms with van der Waals surface area (Å²) in [6.45, 7) is 6.44. The quantitative estimate of drug-likeness (QED) is 0.848. The molecule has 0 saturated carbocycles. The van der Waals surface area contributed by atoms with Crippen molar-refractivity contribution in [3.05, 3.63) is 28.8 Å². The van der Waals surface area contributed by atoms with Gasteiger partial charge in [-0.15, -0.1) is 0 Å². The Balaban J connectivity index is 2.30. The molecule has 0 radical (unpaired) electrons. The molecule has 1 heterocycles. The van der Waals surface area contributed by atoms with Gasteiger partial charge in [0.15, 0.2) is 0 Å². The molecule has 1 N–H and O–H groups in total. The molecule has 1 saturated heterocycles. The van der Waals surface area contributed by atoms with Crippen LogP contribution in [-0.2, 0) is 4.79 Å². The summed E-state index contributed by atoms with van der Waals surface area (Å²) in [4.78, 5) is 14.3. The van der Waals surface area contributed by atoms with Crippen LogP contribution in [0.3, 0.4) is 0 Å². The zero-order chi connectivity index (χ0) is 13.1. The summed E-state index contributed by atoms with van der Waals surface area (Å²) in [5, 5.41) is 4.01. The van der Waals surface area contributed by atoms with Crippen molar-refractivity contribution >= 4 is 23.2 Å². The third-order valence-corrected chi connectivity index (χ3v) is 3.56. The van der Waals surface area contributed by atoms with E-state index < -0.39 is 0 Å². The molecule has 0 bridgehead atoms. The third kappa shape index (κ3) is 2.85. The number of halogens is 1. The molecule has 1 aromatic rings. The van der Waals surface area contributed by atoms with Crippen LogP contribution in [-0.4, -0.2) is 25.5 Å². The van der Waals surface area contributed by atoms with Crippen LogP contribution < -0.4 is 10.2 Å². The number of carbonyl (C=O) groups is 1. The molecule has 1 aliphatic heterocycles. The highest BCUT2D eigenvalue weighted by Gasteiger charge is 2.24. The molecule has 98 valence electrons. The highest BCUT2D eigenvalue weighted by molar-refractivity contribution is 6.30. The van der Waals surface area contributed by atoms with Gasteiger partial charge in [-0.05, 0) is 43.7 Å². The first-order valence-electron chi connectivity index (χ1n) is 6.38. The van der Waals surface area contributed by atoms with Crippen LogP contribution in [0, 0.1) is 12.8 Å². The number of hydrogen-bond acceptors (Lipinski definition) is 2. The van der Waals surface area contributed by atoms with E-state index in [1.165, 1.54) is 0 Å². The Kier molecular flexibility index (Phi) is 4.25. The molecule has 0 spiro atoms.